The van der Waals surface area contributed by atoms with Gasteiger partial charge in [0.15, 0.2) is 0 Å². The minimum Gasteiger partial charge on any atom is -0.489 e. The molecule has 262 valence electrons. The van der Waals surface area contributed by atoms with E-state index in [1.165, 1.54) is 39.9 Å². The van der Waals surface area contributed by atoms with Crippen LogP contribution in [0, 0.1) is 12.7 Å². The minimum absolute atomic E-state index is 0.00359. The van der Waals surface area contributed by atoms with Crippen LogP contribution in [0.2, 0.25) is 0 Å². The van der Waals surface area contributed by atoms with Gasteiger partial charge in [0.05, 0.1) is 12.6 Å². The smallest absolute Gasteiger partial charge is 0.330 e. The highest BCUT2D eigenvalue weighted by atomic mass is 19.1. The third-order valence-corrected chi connectivity index (χ3v) is 9.32. The molecule has 0 spiro atoms. The van der Waals surface area contributed by atoms with Crippen molar-refractivity contribution < 1.29 is 28.6 Å². The normalized spacial score (nSPS) is 19.9. The molecule has 12 heteroatoms. The summed E-state index contributed by atoms with van der Waals surface area (Å²) in [5, 5.41) is 14.4. The monoisotopic (exact) mass is 684 g/mol. The number of aliphatic hydroxyl groups excluding tert-OH is 1. The van der Waals surface area contributed by atoms with Gasteiger partial charge in [-0.3, -0.25) is 23.9 Å². The van der Waals surface area contributed by atoms with Crippen molar-refractivity contribution in [1.29, 1.82) is 0 Å². The zero-order chi connectivity index (χ0) is 35.2. The van der Waals surface area contributed by atoms with Crippen LogP contribution in [0.4, 0.5) is 4.39 Å². The zero-order valence-electron chi connectivity index (χ0n) is 27.8. The number of amides is 2. The van der Waals surface area contributed by atoms with E-state index in [4.69, 9.17) is 9.47 Å². The second-order valence-corrected chi connectivity index (χ2v) is 13.0. The average Bonchev–Trinajstić information content (AvgIpc) is 3.49. The van der Waals surface area contributed by atoms with Gasteiger partial charge < -0.3 is 24.8 Å². The molecule has 1 aliphatic heterocycles. The van der Waals surface area contributed by atoms with Gasteiger partial charge in [0.2, 0.25) is 5.91 Å². The molecule has 6 rings (SSSR count). The Kier molecular flexibility index (Phi) is 10.9. The van der Waals surface area contributed by atoms with Crippen molar-refractivity contribution >= 4 is 11.8 Å². The Morgan fingerprint density at radius 3 is 2.52 bits per heavy atom. The van der Waals surface area contributed by atoms with Crippen molar-refractivity contribution in [2.75, 3.05) is 6.54 Å². The Balaban J connectivity index is 1.36. The molecule has 1 saturated carbocycles. The molecule has 1 saturated heterocycles. The lowest BCUT2D eigenvalue weighted by Crippen LogP contribution is -2.50. The first-order valence-corrected chi connectivity index (χ1v) is 17.0. The standard InChI is InChI=1S/C38H41FN4O7/c1-24-21-42(38(48)41-35(24)45)33-20-31(44)32(50-33)22-43(37(47)26-15-17-28(39)18-16-26)34(36(46)40-29-12-6-3-7-13-29)27-11-8-14-30(19-27)49-23-25-9-4-2-5-10-25/h2,4-5,8-11,14-19,21,29,31-34,44H,3,6-7,12-13,20,22-23H2,1H3,(H,40,46)(H,41,45,48)/t31-,32+,33+,34?/m0/s1. The largest absolute Gasteiger partial charge is 0.489 e. The minimum atomic E-state index is -1.19. The molecule has 2 amide bonds. The van der Waals surface area contributed by atoms with E-state index < -0.39 is 53.4 Å². The van der Waals surface area contributed by atoms with Gasteiger partial charge in [-0.15, -0.1) is 0 Å². The number of benzene rings is 3. The van der Waals surface area contributed by atoms with E-state index in [1.807, 2.05) is 30.3 Å². The zero-order valence-corrected chi connectivity index (χ0v) is 27.8. The highest BCUT2D eigenvalue weighted by Gasteiger charge is 2.41. The van der Waals surface area contributed by atoms with E-state index >= 15 is 0 Å². The molecular formula is C38H41FN4O7. The fourth-order valence-corrected chi connectivity index (χ4v) is 6.62. The number of rotatable bonds is 11. The molecule has 1 unspecified atom stereocenters. The Morgan fingerprint density at radius 2 is 1.78 bits per heavy atom. The van der Waals surface area contributed by atoms with Crippen molar-refractivity contribution in [3.8, 4) is 5.75 Å². The van der Waals surface area contributed by atoms with E-state index in [0.29, 0.717) is 11.3 Å². The molecular weight excluding hydrogens is 643 g/mol. The maximum atomic E-state index is 14.4. The second kappa shape index (κ2) is 15.6. The van der Waals surface area contributed by atoms with Crippen molar-refractivity contribution in [3.05, 3.63) is 134 Å². The molecule has 0 radical (unpaired) electrons. The molecule has 1 aromatic heterocycles. The molecule has 2 heterocycles. The molecule has 1 aliphatic carbocycles. The lowest BCUT2D eigenvalue weighted by Gasteiger charge is -2.35. The summed E-state index contributed by atoms with van der Waals surface area (Å²) in [6, 6.07) is 20.4. The molecule has 2 fully saturated rings. The molecule has 4 aromatic rings. The summed E-state index contributed by atoms with van der Waals surface area (Å²) in [5.74, 6) is -1.03. The Bertz CT molecular complexity index is 1910. The fraction of sp³-hybridized carbons (Fsp3) is 0.368. The topological polar surface area (TPSA) is 143 Å². The number of ether oxygens (including phenoxy) is 2. The molecule has 3 aromatic carbocycles. The molecule has 0 bridgehead atoms. The number of hydrogen-bond acceptors (Lipinski definition) is 7. The first kappa shape index (κ1) is 34.8. The Hall–Kier alpha value is -5.07. The van der Waals surface area contributed by atoms with Crippen molar-refractivity contribution in [3.63, 3.8) is 0 Å². The Morgan fingerprint density at radius 1 is 1.04 bits per heavy atom. The van der Waals surface area contributed by atoms with Gasteiger partial charge in [-0.2, -0.15) is 0 Å². The highest BCUT2D eigenvalue weighted by molar-refractivity contribution is 5.98. The summed E-state index contributed by atoms with van der Waals surface area (Å²) < 4.78 is 27.4. The van der Waals surface area contributed by atoms with Crippen LogP contribution >= 0.6 is 0 Å². The predicted molar refractivity (Wildman–Crippen MR) is 183 cm³/mol. The summed E-state index contributed by atoms with van der Waals surface area (Å²) in [6.07, 6.45) is 2.92. The lowest BCUT2D eigenvalue weighted by molar-refractivity contribution is -0.128. The predicted octanol–water partition coefficient (Wildman–Crippen LogP) is 4.54. The maximum Gasteiger partial charge on any atom is 0.330 e. The average molecular weight is 685 g/mol. The van der Waals surface area contributed by atoms with Crippen LogP contribution in [0.1, 0.15) is 77.8 Å². The van der Waals surface area contributed by atoms with Crippen LogP contribution < -0.4 is 21.3 Å². The van der Waals surface area contributed by atoms with Gasteiger partial charge in [-0.05, 0) is 67.3 Å². The number of carbonyl (C=O) groups excluding carboxylic acids is 2. The van der Waals surface area contributed by atoms with E-state index in [9.17, 15) is 28.7 Å². The van der Waals surface area contributed by atoms with Crippen LogP contribution in [0.15, 0.2) is 94.6 Å². The van der Waals surface area contributed by atoms with Crippen molar-refractivity contribution in [2.45, 2.75) is 82.6 Å². The summed E-state index contributed by atoms with van der Waals surface area (Å²) in [6.45, 7) is 1.59. The van der Waals surface area contributed by atoms with E-state index in [2.05, 4.69) is 10.3 Å². The number of nitrogens with zero attached hydrogens (tertiary/aromatic N) is 2. The third-order valence-electron chi connectivity index (χ3n) is 9.32. The second-order valence-electron chi connectivity index (χ2n) is 13.0. The summed E-state index contributed by atoms with van der Waals surface area (Å²) in [4.78, 5) is 57.0. The number of aliphatic hydroxyl groups is 1. The van der Waals surface area contributed by atoms with Crippen LogP contribution in [0.5, 0.6) is 5.75 Å². The molecule has 4 atom stereocenters. The van der Waals surface area contributed by atoms with Crippen molar-refractivity contribution in [1.82, 2.24) is 19.8 Å². The molecule has 11 nitrogen and oxygen atoms in total. The van der Waals surface area contributed by atoms with Gasteiger partial charge in [0, 0.05) is 29.8 Å². The molecule has 2 aliphatic rings. The SMILES string of the molecule is Cc1cn([C@H]2C[C@H](O)[C@@H](CN(C(=O)c3ccc(F)cc3)C(C(=O)NC3CCCCC3)c3cccc(OCc4ccccc4)c3)O2)c(=O)[nH]c1=O. The van der Waals surface area contributed by atoms with Gasteiger partial charge in [0.25, 0.3) is 11.5 Å². The fourth-order valence-electron chi connectivity index (χ4n) is 6.62. The number of H-pyrrole nitrogens is 1. The van der Waals surface area contributed by atoms with Crippen LogP contribution in [-0.4, -0.2) is 56.2 Å². The number of carbonyl (C=O) groups is 2. The van der Waals surface area contributed by atoms with Gasteiger partial charge in [-0.1, -0.05) is 61.7 Å². The summed E-state index contributed by atoms with van der Waals surface area (Å²) in [7, 11) is 0. The van der Waals surface area contributed by atoms with Crippen LogP contribution in [-0.2, 0) is 16.1 Å². The van der Waals surface area contributed by atoms with Gasteiger partial charge >= 0.3 is 5.69 Å². The van der Waals surface area contributed by atoms with E-state index in [-0.39, 0.29) is 36.7 Å². The van der Waals surface area contributed by atoms with E-state index in [1.54, 1.807) is 31.2 Å². The summed E-state index contributed by atoms with van der Waals surface area (Å²) >= 11 is 0. The first-order chi connectivity index (χ1) is 24.2. The number of aryl methyl sites for hydroxylation is 1. The lowest BCUT2D eigenvalue weighted by atomic mass is 9.94. The summed E-state index contributed by atoms with van der Waals surface area (Å²) in [5.41, 5.74) is 0.615. The van der Waals surface area contributed by atoms with Crippen LogP contribution in [0.25, 0.3) is 0 Å². The molecule has 50 heavy (non-hydrogen) atoms. The maximum absolute atomic E-state index is 14.4. The molecule has 3 N–H and O–H groups in total. The number of nitrogens with one attached hydrogen (secondary N) is 2. The number of halogens is 1. The van der Waals surface area contributed by atoms with E-state index in [0.717, 1.165) is 37.7 Å². The van der Waals surface area contributed by atoms with Crippen molar-refractivity contribution in [2.24, 2.45) is 0 Å². The highest BCUT2D eigenvalue weighted by Crippen LogP contribution is 2.33. The number of aromatic amines is 1. The number of aromatic nitrogens is 2. The Labute approximate surface area is 288 Å². The van der Waals surface area contributed by atoms with Gasteiger partial charge in [-0.25, -0.2) is 9.18 Å². The number of hydrogen-bond donors (Lipinski definition) is 3. The van der Waals surface area contributed by atoms with Crippen LogP contribution in [0.3, 0.4) is 0 Å². The quantitative estimate of drug-likeness (QED) is 0.211. The third kappa shape index (κ3) is 8.20. The van der Waals surface area contributed by atoms with Gasteiger partial charge in [0.1, 0.15) is 36.5 Å². The first-order valence-electron chi connectivity index (χ1n) is 17.0.